The van der Waals surface area contributed by atoms with E-state index in [1.807, 2.05) is 6.07 Å². The van der Waals surface area contributed by atoms with E-state index in [-0.39, 0.29) is 12.3 Å². The van der Waals surface area contributed by atoms with Gasteiger partial charge in [0.1, 0.15) is 6.61 Å². The lowest BCUT2D eigenvalue weighted by atomic mass is 10.1. The van der Waals surface area contributed by atoms with Crippen molar-refractivity contribution in [2.75, 3.05) is 7.11 Å². The van der Waals surface area contributed by atoms with E-state index < -0.39 is 4.92 Å². The number of hydrogen-bond donors (Lipinski definition) is 0. The minimum absolute atomic E-state index is 0.0578. The van der Waals surface area contributed by atoms with Gasteiger partial charge in [0, 0.05) is 6.07 Å². The largest absolute Gasteiger partial charge is 0.493 e. The molecule has 0 saturated heterocycles. The van der Waals surface area contributed by atoms with Crippen LogP contribution >= 0.6 is 0 Å². The van der Waals surface area contributed by atoms with Crippen LogP contribution in [-0.2, 0) is 6.61 Å². The van der Waals surface area contributed by atoms with Gasteiger partial charge in [0.05, 0.1) is 29.7 Å². The van der Waals surface area contributed by atoms with Crippen molar-refractivity contribution in [3.8, 4) is 17.6 Å². The van der Waals surface area contributed by atoms with Crippen LogP contribution in [0.3, 0.4) is 0 Å². The lowest BCUT2D eigenvalue weighted by Crippen LogP contribution is -1.98. The van der Waals surface area contributed by atoms with Crippen molar-refractivity contribution < 1.29 is 14.4 Å². The van der Waals surface area contributed by atoms with E-state index >= 15 is 0 Å². The van der Waals surface area contributed by atoms with Crippen LogP contribution < -0.4 is 9.47 Å². The van der Waals surface area contributed by atoms with E-state index in [0.717, 1.165) is 5.56 Å². The van der Waals surface area contributed by atoms with Gasteiger partial charge in [-0.25, -0.2) is 0 Å². The second-order valence-electron chi connectivity index (χ2n) is 4.19. The van der Waals surface area contributed by atoms with Crippen LogP contribution in [-0.4, -0.2) is 12.0 Å². The molecule has 0 atom stereocenters. The zero-order valence-corrected chi connectivity index (χ0v) is 11.3. The lowest BCUT2D eigenvalue weighted by Gasteiger charge is -2.10. The molecule has 0 fully saturated rings. The Morgan fingerprint density at radius 1 is 1.19 bits per heavy atom. The molecule has 0 aromatic heterocycles. The first-order valence-electron chi connectivity index (χ1n) is 6.08. The third kappa shape index (κ3) is 3.48. The van der Waals surface area contributed by atoms with Gasteiger partial charge in [-0.05, 0) is 23.8 Å². The summed E-state index contributed by atoms with van der Waals surface area (Å²) in [6, 6.07) is 13.2. The Labute approximate surface area is 121 Å². The first kappa shape index (κ1) is 14.3. The van der Waals surface area contributed by atoms with Crippen LogP contribution in [0.2, 0.25) is 0 Å². The summed E-state index contributed by atoms with van der Waals surface area (Å²) in [5.41, 5.74) is 1.40. The molecule has 0 saturated carbocycles. The van der Waals surface area contributed by atoms with Gasteiger partial charge in [0.2, 0.25) is 0 Å². The number of nitro groups is 1. The molecule has 0 aliphatic carbocycles. The Morgan fingerprint density at radius 2 is 1.90 bits per heavy atom. The normalized spacial score (nSPS) is 9.71. The van der Waals surface area contributed by atoms with Crippen molar-refractivity contribution in [2.45, 2.75) is 6.61 Å². The van der Waals surface area contributed by atoms with Gasteiger partial charge in [-0.2, -0.15) is 5.26 Å². The van der Waals surface area contributed by atoms with Gasteiger partial charge in [-0.3, -0.25) is 10.1 Å². The Hall–Kier alpha value is -3.07. The number of nitro benzene ring substituents is 1. The highest BCUT2D eigenvalue weighted by atomic mass is 16.6. The Bertz CT molecular complexity index is 690. The van der Waals surface area contributed by atoms with Crippen LogP contribution in [0.25, 0.3) is 0 Å². The molecule has 2 aromatic rings. The number of hydrogen-bond acceptors (Lipinski definition) is 5. The summed E-state index contributed by atoms with van der Waals surface area (Å²) < 4.78 is 10.7. The number of benzene rings is 2. The van der Waals surface area contributed by atoms with Crippen molar-refractivity contribution in [1.29, 1.82) is 5.26 Å². The summed E-state index contributed by atoms with van der Waals surface area (Å²) in [4.78, 5) is 10.2. The molecule has 0 radical (unpaired) electrons. The van der Waals surface area contributed by atoms with Gasteiger partial charge >= 0.3 is 0 Å². The Kier molecular flexibility index (Phi) is 4.36. The first-order chi connectivity index (χ1) is 10.1. The molecule has 0 spiro atoms. The zero-order valence-electron chi connectivity index (χ0n) is 11.3. The average molecular weight is 284 g/mol. The van der Waals surface area contributed by atoms with Crippen LogP contribution in [0.4, 0.5) is 5.69 Å². The van der Waals surface area contributed by atoms with Gasteiger partial charge in [-0.1, -0.05) is 12.1 Å². The van der Waals surface area contributed by atoms with Gasteiger partial charge < -0.3 is 9.47 Å². The van der Waals surface area contributed by atoms with Gasteiger partial charge in [-0.15, -0.1) is 0 Å². The summed E-state index contributed by atoms with van der Waals surface area (Å²) >= 11 is 0. The van der Waals surface area contributed by atoms with E-state index in [9.17, 15) is 10.1 Å². The van der Waals surface area contributed by atoms with Crippen LogP contribution in [0, 0.1) is 21.4 Å². The predicted octanol–water partition coefficient (Wildman–Crippen LogP) is 3.05. The summed E-state index contributed by atoms with van der Waals surface area (Å²) in [5.74, 6) is 0.727. The van der Waals surface area contributed by atoms with Crippen molar-refractivity contribution in [1.82, 2.24) is 0 Å². The fourth-order valence-electron chi connectivity index (χ4n) is 1.73. The Morgan fingerprint density at radius 3 is 2.48 bits per heavy atom. The van der Waals surface area contributed by atoms with E-state index in [1.54, 1.807) is 24.3 Å². The van der Waals surface area contributed by atoms with Gasteiger partial charge in [0.15, 0.2) is 11.5 Å². The number of methoxy groups -OCH3 is 1. The predicted molar refractivity (Wildman–Crippen MR) is 75.1 cm³/mol. The maximum Gasteiger partial charge on any atom is 0.273 e. The Balaban J connectivity index is 2.12. The quantitative estimate of drug-likeness (QED) is 0.622. The minimum Gasteiger partial charge on any atom is -0.493 e. The SMILES string of the molecule is COc1cc([N+](=O)[O-])ccc1OCc1ccc(C#N)cc1. The molecule has 2 rings (SSSR count). The highest BCUT2D eigenvalue weighted by Gasteiger charge is 2.12. The fourth-order valence-corrected chi connectivity index (χ4v) is 1.73. The number of ether oxygens (including phenoxy) is 2. The molecular formula is C15H12N2O4. The number of nitrogens with zero attached hydrogens (tertiary/aromatic N) is 2. The molecule has 6 heteroatoms. The third-order valence-corrected chi connectivity index (χ3v) is 2.84. The monoisotopic (exact) mass is 284 g/mol. The molecule has 0 aliphatic rings. The molecule has 0 aliphatic heterocycles. The molecule has 2 aromatic carbocycles. The summed E-state index contributed by atoms with van der Waals surface area (Å²) in [7, 11) is 1.42. The van der Waals surface area contributed by atoms with E-state index in [4.69, 9.17) is 14.7 Å². The average Bonchev–Trinajstić information content (AvgIpc) is 2.53. The maximum atomic E-state index is 10.7. The highest BCUT2D eigenvalue weighted by Crippen LogP contribution is 2.31. The third-order valence-electron chi connectivity index (χ3n) is 2.84. The van der Waals surface area contributed by atoms with Crippen LogP contribution in [0.5, 0.6) is 11.5 Å². The van der Waals surface area contributed by atoms with Crippen molar-refractivity contribution >= 4 is 5.69 Å². The summed E-state index contributed by atoms with van der Waals surface area (Å²) in [6.07, 6.45) is 0. The summed E-state index contributed by atoms with van der Waals surface area (Å²) in [6.45, 7) is 0.278. The van der Waals surface area contributed by atoms with E-state index in [1.165, 1.54) is 25.3 Å². The highest BCUT2D eigenvalue weighted by molar-refractivity contribution is 5.48. The fraction of sp³-hybridized carbons (Fsp3) is 0.133. The molecule has 21 heavy (non-hydrogen) atoms. The molecule has 0 bridgehead atoms. The zero-order chi connectivity index (χ0) is 15.2. The van der Waals surface area contributed by atoms with Crippen molar-refractivity contribution in [3.63, 3.8) is 0 Å². The molecule has 0 heterocycles. The maximum absolute atomic E-state index is 10.7. The molecule has 0 amide bonds. The smallest absolute Gasteiger partial charge is 0.273 e. The number of non-ortho nitro benzene ring substituents is 1. The number of rotatable bonds is 5. The molecule has 0 N–H and O–H groups in total. The minimum atomic E-state index is -0.493. The second kappa shape index (κ2) is 6.39. The molecule has 6 nitrogen and oxygen atoms in total. The van der Waals surface area contributed by atoms with Crippen molar-refractivity contribution in [3.05, 3.63) is 63.7 Å². The van der Waals surface area contributed by atoms with E-state index in [2.05, 4.69) is 0 Å². The van der Waals surface area contributed by atoms with Crippen LogP contribution in [0.15, 0.2) is 42.5 Å². The molecular weight excluding hydrogens is 272 g/mol. The van der Waals surface area contributed by atoms with Gasteiger partial charge in [0.25, 0.3) is 5.69 Å². The second-order valence-corrected chi connectivity index (χ2v) is 4.19. The van der Waals surface area contributed by atoms with Crippen LogP contribution in [0.1, 0.15) is 11.1 Å². The molecule has 0 unspecified atom stereocenters. The standard InChI is InChI=1S/C15H12N2O4/c1-20-15-8-13(17(18)19)6-7-14(15)21-10-12-4-2-11(9-16)3-5-12/h2-8H,10H2,1H3. The van der Waals surface area contributed by atoms with Crippen molar-refractivity contribution in [2.24, 2.45) is 0 Å². The molecule has 106 valence electrons. The summed E-state index contributed by atoms with van der Waals surface area (Å²) in [5, 5.41) is 19.4. The first-order valence-corrected chi connectivity index (χ1v) is 6.08. The topological polar surface area (TPSA) is 85.4 Å². The lowest BCUT2D eigenvalue weighted by molar-refractivity contribution is -0.385. The number of nitriles is 1. The van der Waals surface area contributed by atoms with E-state index in [0.29, 0.717) is 17.1 Å².